The second-order valence-electron chi connectivity index (χ2n) is 14.3. The first-order valence-corrected chi connectivity index (χ1v) is 19.9. The normalized spacial score (nSPS) is 18.0. The van der Waals surface area contributed by atoms with Gasteiger partial charge in [-0.3, -0.25) is 9.11 Å². The fourth-order valence-corrected chi connectivity index (χ4v) is 8.77. The third-order valence-electron chi connectivity index (χ3n) is 10.3. The van der Waals surface area contributed by atoms with Crippen LogP contribution in [0.4, 0.5) is 5.69 Å². The summed E-state index contributed by atoms with van der Waals surface area (Å²) in [6.45, 7) is 12.2. The predicted molar refractivity (Wildman–Crippen MR) is 207 cm³/mol. The summed E-state index contributed by atoms with van der Waals surface area (Å²) in [6.07, 6.45) is 16.1. The van der Waals surface area contributed by atoms with E-state index in [4.69, 9.17) is 5.73 Å². The lowest BCUT2D eigenvalue weighted by Crippen LogP contribution is -2.27. The van der Waals surface area contributed by atoms with E-state index in [9.17, 15) is 25.9 Å². The van der Waals surface area contributed by atoms with Gasteiger partial charge >= 0.3 is 0 Å². The molecule has 2 aliphatic rings. The lowest BCUT2D eigenvalue weighted by atomic mass is 9.79. The van der Waals surface area contributed by atoms with Crippen LogP contribution in [0.3, 0.4) is 0 Å². The summed E-state index contributed by atoms with van der Waals surface area (Å²) in [5.41, 5.74) is 13.1. The van der Waals surface area contributed by atoms with Crippen LogP contribution in [0, 0.1) is 0 Å². The molecule has 6 rings (SSSR count). The van der Waals surface area contributed by atoms with Crippen molar-refractivity contribution in [1.82, 2.24) is 0 Å². The van der Waals surface area contributed by atoms with Gasteiger partial charge in [-0.2, -0.15) is 16.8 Å². The minimum absolute atomic E-state index is 0.116. The standard InChI is InChI=1S/C41H44N2O6S2/c1-27-33-19-16-29-23-32(51(47,48)49)18-20-34(29)39(33)41(4,5)35(27)13-9-7-6-8-10-14-38-40(2,3)36-25-28-15-17-31(50(44,45)46)24-30(28)26-37(36)43(38)22-12-11-21-42/h6-10,13-20,23-26H,11-12,21-22,42H2,1-5H3,(H,44,45,46)(H,47,48,49)/b7-6+,10-8+,13-9+,38-14-. The van der Waals surface area contributed by atoms with Gasteiger partial charge in [-0.25, -0.2) is 0 Å². The molecule has 0 fully saturated rings. The third kappa shape index (κ3) is 6.74. The Bertz CT molecular complexity index is 2450. The summed E-state index contributed by atoms with van der Waals surface area (Å²) in [4.78, 5) is 2.05. The van der Waals surface area contributed by atoms with Crippen LogP contribution < -0.4 is 10.6 Å². The van der Waals surface area contributed by atoms with Crippen molar-refractivity contribution in [3.63, 3.8) is 0 Å². The van der Waals surface area contributed by atoms with Crippen molar-refractivity contribution in [3.8, 4) is 0 Å². The molecule has 8 nitrogen and oxygen atoms in total. The Labute approximate surface area is 300 Å². The number of nitrogens with two attached hydrogens (primary N) is 1. The van der Waals surface area contributed by atoms with Gasteiger partial charge in [0.15, 0.2) is 0 Å². The van der Waals surface area contributed by atoms with E-state index in [1.807, 2.05) is 48.6 Å². The highest BCUT2D eigenvalue weighted by Gasteiger charge is 2.40. The highest BCUT2D eigenvalue weighted by Crippen LogP contribution is 2.51. The molecule has 0 amide bonds. The molecule has 10 heteroatoms. The van der Waals surface area contributed by atoms with E-state index in [1.165, 1.54) is 35.4 Å². The van der Waals surface area contributed by atoms with Gasteiger partial charge in [0.25, 0.3) is 20.2 Å². The molecule has 1 heterocycles. The highest BCUT2D eigenvalue weighted by molar-refractivity contribution is 7.86. The van der Waals surface area contributed by atoms with E-state index in [0.717, 1.165) is 69.0 Å². The van der Waals surface area contributed by atoms with Gasteiger partial charge in [-0.05, 0) is 118 Å². The van der Waals surface area contributed by atoms with Gasteiger partial charge in [0, 0.05) is 28.8 Å². The van der Waals surface area contributed by atoms with Gasteiger partial charge in [-0.15, -0.1) is 0 Å². The van der Waals surface area contributed by atoms with Crippen molar-refractivity contribution >= 4 is 53.0 Å². The van der Waals surface area contributed by atoms with Crippen molar-refractivity contribution in [2.24, 2.45) is 5.73 Å². The summed E-state index contributed by atoms with van der Waals surface area (Å²) >= 11 is 0. The van der Waals surface area contributed by atoms with Gasteiger partial charge in [0.1, 0.15) is 0 Å². The molecule has 0 bridgehead atoms. The second-order valence-corrected chi connectivity index (χ2v) is 17.2. The van der Waals surface area contributed by atoms with Crippen molar-refractivity contribution in [2.45, 2.75) is 68.1 Å². The fourth-order valence-electron chi connectivity index (χ4n) is 7.73. The summed E-state index contributed by atoms with van der Waals surface area (Å²) in [7, 11) is -8.61. The van der Waals surface area contributed by atoms with Crippen LogP contribution in [0.5, 0.6) is 0 Å². The van der Waals surface area contributed by atoms with E-state index in [0.29, 0.717) is 6.54 Å². The fraction of sp³-hybridized carbons (Fsp3) is 0.268. The van der Waals surface area contributed by atoms with Crippen LogP contribution in [-0.2, 0) is 31.1 Å². The molecule has 4 N–H and O–H groups in total. The zero-order valence-electron chi connectivity index (χ0n) is 29.5. The largest absolute Gasteiger partial charge is 0.344 e. The Morgan fingerprint density at radius 3 is 2.04 bits per heavy atom. The molecule has 0 aromatic heterocycles. The zero-order chi connectivity index (χ0) is 36.9. The number of nitrogens with zero attached hydrogens (tertiary/aromatic N) is 1. The molecule has 0 saturated carbocycles. The molecule has 4 aromatic rings. The lowest BCUT2D eigenvalue weighted by Gasteiger charge is -2.27. The molecule has 51 heavy (non-hydrogen) atoms. The SMILES string of the molecule is CC1=C(/C=C/C=C/C=C/C=C2\N(CCCCN)c3cc4cc(S(=O)(=O)O)ccc4cc3C2(C)C)C(C)(C)c2c1ccc1cc(S(=O)(=O)O)ccc21. The number of anilines is 1. The molecule has 266 valence electrons. The first-order valence-electron chi connectivity index (χ1n) is 17.0. The Kier molecular flexibility index (Phi) is 9.54. The van der Waals surface area contributed by atoms with Gasteiger partial charge in [0.2, 0.25) is 0 Å². The van der Waals surface area contributed by atoms with Crippen LogP contribution in [-0.4, -0.2) is 39.0 Å². The highest BCUT2D eigenvalue weighted by atomic mass is 32.2. The summed E-state index contributed by atoms with van der Waals surface area (Å²) in [5.74, 6) is 0. The van der Waals surface area contributed by atoms with Gasteiger partial charge < -0.3 is 10.6 Å². The molecule has 0 spiro atoms. The van der Waals surface area contributed by atoms with E-state index in [2.05, 4.69) is 57.7 Å². The molecular formula is C41H44N2O6S2. The monoisotopic (exact) mass is 724 g/mol. The molecule has 0 saturated heterocycles. The molecule has 4 aromatic carbocycles. The summed E-state index contributed by atoms with van der Waals surface area (Å²) in [5, 5.41) is 3.37. The molecule has 0 unspecified atom stereocenters. The van der Waals surface area contributed by atoms with Crippen LogP contribution in [0.1, 0.15) is 64.2 Å². The first-order chi connectivity index (χ1) is 24.0. The van der Waals surface area contributed by atoms with Gasteiger partial charge in [-0.1, -0.05) is 88.4 Å². The van der Waals surface area contributed by atoms with E-state index in [1.54, 1.807) is 12.1 Å². The van der Waals surface area contributed by atoms with Gasteiger partial charge in [0.05, 0.1) is 9.79 Å². The maximum Gasteiger partial charge on any atom is 0.294 e. The van der Waals surface area contributed by atoms with Crippen LogP contribution in [0.2, 0.25) is 0 Å². The number of fused-ring (bicyclic) bond motifs is 5. The number of benzene rings is 4. The Hall–Kier alpha value is -4.32. The molecular weight excluding hydrogens is 681 g/mol. The zero-order valence-corrected chi connectivity index (χ0v) is 31.1. The summed E-state index contributed by atoms with van der Waals surface area (Å²) < 4.78 is 66.3. The maximum atomic E-state index is 11.8. The first kappa shape index (κ1) is 36.5. The quantitative estimate of drug-likeness (QED) is 0.0840. The lowest BCUT2D eigenvalue weighted by molar-refractivity contribution is 0.481. The summed E-state index contributed by atoms with van der Waals surface area (Å²) in [6, 6.07) is 17.5. The van der Waals surface area contributed by atoms with E-state index in [-0.39, 0.29) is 20.6 Å². The van der Waals surface area contributed by atoms with Crippen LogP contribution in [0.15, 0.2) is 124 Å². The van der Waals surface area contributed by atoms with E-state index >= 15 is 0 Å². The molecule has 0 atom stereocenters. The average molecular weight is 725 g/mol. The van der Waals surface area contributed by atoms with Crippen molar-refractivity contribution in [2.75, 3.05) is 18.0 Å². The number of rotatable bonds is 10. The second kappa shape index (κ2) is 13.3. The Balaban J connectivity index is 1.24. The number of hydrogen-bond donors (Lipinski definition) is 3. The minimum Gasteiger partial charge on any atom is -0.344 e. The smallest absolute Gasteiger partial charge is 0.294 e. The van der Waals surface area contributed by atoms with Crippen molar-refractivity contribution < 1.29 is 25.9 Å². The molecule has 0 radical (unpaired) electrons. The minimum atomic E-state index is -4.32. The third-order valence-corrected chi connectivity index (χ3v) is 12.0. The van der Waals surface area contributed by atoms with Crippen molar-refractivity contribution in [1.29, 1.82) is 0 Å². The number of allylic oxidation sites excluding steroid dienone is 10. The molecule has 1 aliphatic heterocycles. The maximum absolute atomic E-state index is 11.8. The van der Waals surface area contributed by atoms with Crippen LogP contribution >= 0.6 is 0 Å². The predicted octanol–water partition coefficient (Wildman–Crippen LogP) is 8.64. The topological polar surface area (TPSA) is 138 Å². The van der Waals surface area contributed by atoms with E-state index < -0.39 is 20.2 Å². The number of unbranched alkanes of at least 4 members (excludes halogenated alkanes) is 1. The Morgan fingerprint density at radius 2 is 1.35 bits per heavy atom. The number of hydrogen-bond acceptors (Lipinski definition) is 6. The average Bonchev–Trinajstić information content (AvgIpc) is 3.39. The Morgan fingerprint density at radius 1 is 0.725 bits per heavy atom. The molecule has 1 aliphatic carbocycles. The van der Waals surface area contributed by atoms with Crippen LogP contribution in [0.25, 0.3) is 27.1 Å². The van der Waals surface area contributed by atoms with Crippen molar-refractivity contribution in [3.05, 3.63) is 131 Å².